The predicted molar refractivity (Wildman–Crippen MR) is 95.3 cm³/mol. The maximum absolute atomic E-state index is 4.48. The van der Waals surface area contributed by atoms with E-state index in [1.54, 1.807) is 11.3 Å². The van der Waals surface area contributed by atoms with Crippen LogP contribution in [0.2, 0.25) is 0 Å². The Labute approximate surface area is 135 Å². The normalized spacial score (nSPS) is 11.1. The van der Waals surface area contributed by atoms with Crippen LogP contribution in [0.1, 0.15) is 81.8 Å². The van der Waals surface area contributed by atoms with E-state index in [-0.39, 0.29) is 0 Å². The van der Waals surface area contributed by atoms with E-state index < -0.39 is 0 Å². The highest BCUT2D eigenvalue weighted by atomic mass is 32.1. The van der Waals surface area contributed by atoms with Crippen molar-refractivity contribution in [3.8, 4) is 0 Å². The summed E-state index contributed by atoms with van der Waals surface area (Å²) >= 11 is 1.75. The van der Waals surface area contributed by atoms with E-state index in [4.69, 9.17) is 0 Å². The van der Waals surface area contributed by atoms with Crippen LogP contribution in [-0.4, -0.2) is 18.1 Å². The summed E-state index contributed by atoms with van der Waals surface area (Å²) in [5, 5.41) is 6.89. The Bertz CT molecular complexity index is 336. The van der Waals surface area contributed by atoms with Crippen LogP contribution < -0.4 is 5.32 Å². The first-order chi connectivity index (χ1) is 10.3. The first kappa shape index (κ1) is 18.6. The van der Waals surface area contributed by atoms with Gasteiger partial charge >= 0.3 is 0 Å². The summed E-state index contributed by atoms with van der Waals surface area (Å²) in [6, 6.07) is 0. The van der Waals surface area contributed by atoms with Crippen molar-refractivity contribution in [2.24, 2.45) is 0 Å². The van der Waals surface area contributed by atoms with Gasteiger partial charge in [-0.3, -0.25) is 0 Å². The van der Waals surface area contributed by atoms with E-state index >= 15 is 0 Å². The van der Waals surface area contributed by atoms with E-state index in [1.807, 2.05) is 0 Å². The zero-order chi connectivity index (χ0) is 15.2. The summed E-state index contributed by atoms with van der Waals surface area (Å²) in [7, 11) is 0. The second kappa shape index (κ2) is 13.3. The minimum Gasteiger partial charge on any atom is -0.316 e. The molecule has 0 saturated carbocycles. The molecule has 0 aliphatic carbocycles. The van der Waals surface area contributed by atoms with Crippen molar-refractivity contribution in [2.45, 2.75) is 84.5 Å². The largest absolute Gasteiger partial charge is 0.316 e. The molecular weight excluding hydrogens is 276 g/mol. The molecule has 3 heteroatoms. The van der Waals surface area contributed by atoms with Crippen molar-refractivity contribution in [3.63, 3.8) is 0 Å². The molecule has 0 radical (unpaired) electrons. The quantitative estimate of drug-likeness (QED) is 0.459. The van der Waals surface area contributed by atoms with Crippen molar-refractivity contribution in [2.75, 3.05) is 13.1 Å². The monoisotopic (exact) mass is 310 g/mol. The maximum atomic E-state index is 4.48. The lowest BCUT2D eigenvalue weighted by atomic mass is 10.1. The molecule has 0 atom stereocenters. The van der Waals surface area contributed by atoms with Crippen molar-refractivity contribution >= 4 is 11.3 Å². The van der Waals surface area contributed by atoms with Crippen LogP contribution in [0.3, 0.4) is 0 Å². The van der Waals surface area contributed by atoms with Crippen LogP contribution in [0.5, 0.6) is 0 Å². The first-order valence-corrected chi connectivity index (χ1v) is 9.82. The molecule has 21 heavy (non-hydrogen) atoms. The Hall–Kier alpha value is -0.410. The van der Waals surface area contributed by atoms with E-state index in [1.165, 1.54) is 81.5 Å². The molecular formula is C18H34N2S. The van der Waals surface area contributed by atoms with Gasteiger partial charge in [0, 0.05) is 18.3 Å². The highest BCUT2D eigenvalue weighted by Crippen LogP contribution is 2.10. The van der Waals surface area contributed by atoms with Crippen LogP contribution in [0.4, 0.5) is 0 Å². The molecule has 1 rings (SSSR count). The van der Waals surface area contributed by atoms with Crippen molar-refractivity contribution < 1.29 is 0 Å². The Morgan fingerprint density at radius 3 is 2.10 bits per heavy atom. The molecule has 0 aliphatic rings. The lowest BCUT2D eigenvalue weighted by Crippen LogP contribution is -2.18. The summed E-state index contributed by atoms with van der Waals surface area (Å²) in [6.45, 7) is 6.59. The van der Waals surface area contributed by atoms with Crippen LogP contribution in [0.25, 0.3) is 0 Å². The smallest absolute Gasteiger partial charge is 0.0897 e. The van der Waals surface area contributed by atoms with Gasteiger partial charge in [-0.15, -0.1) is 11.3 Å². The second-order valence-electron chi connectivity index (χ2n) is 6.04. The van der Waals surface area contributed by atoms with E-state index in [2.05, 4.69) is 29.5 Å². The average molecular weight is 311 g/mol. The van der Waals surface area contributed by atoms with Gasteiger partial charge in [-0.05, 0) is 19.9 Å². The molecule has 1 aromatic rings. The topological polar surface area (TPSA) is 24.9 Å². The molecule has 0 saturated heterocycles. The number of unbranched alkanes of at least 4 members (excludes halogenated alkanes) is 9. The van der Waals surface area contributed by atoms with Crippen LogP contribution in [0, 0.1) is 6.92 Å². The Morgan fingerprint density at radius 1 is 0.905 bits per heavy atom. The molecule has 0 fully saturated rings. The number of hydrogen-bond acceptors (Lipinski definition) is 3. The zero-order valence-corrected chi connectivity index (χ0v) is 14.9. The Kier molecular flexibility index (Phi) is 11.8. The Balaban J connectivity index is 1.74. The SMILES string of the molecule is CCCCCCCCCCCCNCCc1csc(C)n1. The molecule has 0 spiro atoms. The number of rotatable bonds is 14. The Morgan fingerprint density at radius 2 is 1.52 bits per heavy atom. The minimum absolute atomic E-state index is 1.07. The van der Waals surface area contributed by atoms with Crippen molar-refractivity contribution in [1.82, 2.24) is 10.3 Å². The number of thiazole rings is 1. The van der Waals surface area contributed by atoms with E-state index in [0.717, 1.165) is 13.0 Å². The predicted octanol–water partition coefficient (Wildman–Crippen LogP) is 5.50. The molecule has 1 heterocycles. The average Bonchev–Trinajstić information content (AvgIpc) is 2.89. The summed E-state index contributed by atoms with van der Waals surface area (Å²) in [6.07, 6.45) is 15.2. The van der Waals surface area contributed by atoms with Gasteiger partial charge < -0.3 is 5.32 Å². The van der Waals surface area contributed by atoms with Gasteiger partial charge in [-0.25, -0.2) is 4.98 Å². The van der Waals surface area contributed by atoms with Crippen LogP contribution in [-0.2, 0) is 6.42 Å². The minimum atomic E-state index is 1.07. The van der Waals surface area contributed by atoms with Crippen molar-refractivity contribution in [1.29, 1.82) is 0 Å². The van der Waals surface area contributed by atoms with Crippen molar-refractivity contribution in [3.05, 3.63) is 16.1 Å². The lowest BCUT2D eigenvalue weighted by Gasteiger charge is -2.04. The lowest BCUT2D eigenvalue weighted by molar-refractivity contribution is 0.544. The van der Waals surface area contributed by atoms with Gasteiger partial charge in [-0.1, -0.05) is 64.7 Å². The fraction of sp³-hybridized carbons (Fsp3) is 0.833. The fourth-order valence-corrected chi connectivity index (χ4v) is 3.25. The van der Waals surface area contributed by atoms with Gasteiger partial charge in [0.25, 0.3) is 0 Å². The molecule has 1 aromatic heterocycles. The number of hydrogen-bond donors (Lipinski definition) is 1. The van der Waals surface area contributed by atoms with Crippen LogP contribution >= 0.6 is 11.3 Å². The van der Waals surface area contributed by atoms with E-state index in [0.29, 0.717) is 0 Å². The molecule has 122 valence electrons. The highest BCUT2D eigenvalue weighted by molar-refractivity contribution is 7.09. The van der Waals surface area contributed by atoms with E-state index in [9.17, 15) is 0 Å². The van der Waals surface area contributed by atoms with Crippen LogP contribution in [0.15, 0.2) is 5.38 Å². The summed E-state index contributed by atoms with van der Waals surface area (Å²) in [5.74, 6) is 0. The number of aryl methyl sites for hydroxylation is 1. The summed E-state index contributed by atoms with van der Waals surface area (Å²) in [5.41, 5.74) is 1.24. The molecule has 0 bridgehead atoms. The molecule has 0 aromatic carbocycles. The fourth-order valence-electron chi connectivity index (χ4n) is 2.60. The van der Waals surface area contributed by atoms with Gasteiger partial charge in [0.1, 0.15) is 0 Å². The maximum Gasteiger partial charge on any atom is 0.0897 e. The third kappa shape index (κ3) is 10.9. The third-order valence-corrected chi connectivity index (χ3v) is 4.75. The molecule has 0 amide bonds. The number of nitrogens with zero attached hydrogens (tertiary/aromatic N) is 1. The molecule has 2 nitrogen and oxygen atoms in total. The first-order valence-electron chi connectivity index (χ1n) is 8.94. The number of nitrogens with one attached hydrogen (secondary N) is 1. The summed E-state index contributed by atoms with van der Waals surface area (Å²) in [4.78, 5) is 4.48. The van der Waals surface area contributed by atoms with Gasteiger partial charge in [0.2, 0.25) is 0 Å². The highest BCUT2D eigenvalue weighted by Gasteiger charge is 1.97. The zero-order valence-electron chi connectivity index (χ0n) is 14.1. The third-order valence-electron chi connectivity index (χ3n) is 3.93. The molecule has 0 aliphatic heterocycles. The van der Waals surface area contributed by atoms with Gasteiger partial charge in [-0.2, -0.15) is 0 Å². The van der Waals surface area contributed by atoms with Gasteiger partial charge in [0.05, 0.1) is 10.7 Å². The summed E-state index contributed by atoms with van der Waals surface area (Å²) < 4.78 is 0. The molecule has 0 unspecified atom stereocenters. The molecule has 1 N–H and O–H groups in total. The second-order valence-corrected chi connectivity index (χ2v) is 7.10. The number of aromatic nitrogens is 1. The standard InChI is InChI=1S/C18H34N2S/c1-3-4-5-6-7-8-9-10-11-12-14-19-15-13-18-16-21-17(2)20-18/h16,19H,3-15H2,1-2H3. The van der Waals surface area contributed by atoms with Gasteiger partial charge in [0.15, 0.2) is 0 Å².